The Labute approximate surface area is 125 Å². The van der Waals surface area contributed by atoms with E-state index in [0.717, 1.165) is 21.8 Å². The van der Waals surface area contributed by atoms with Gasteiger partial charge >= 0.3 is 0 Å². The zero-order valence-corrected chi connectivity index (χ0v) is 12.4. The number of anilines is 1. The molecule has 0 fully saturated rings. The number of nitrogens with two attached hydrogens (primary N) is 1. The van der Waals surface area contributed by atoms with E-state index < -0.39 is 0 Å². The van der Waals surface area contributed by atoms with E-state index in [1.807, 2.05) is 25.3 Å². The molecule has 2 aromatic heterocycles. The van der Waals surface area contributed by atoms with Gasteiger partial charge in [0, 0.05) is 12.4 Å². The first kappa shape index (κ1) is 13.0. The number of nitrogens with one attached hydrogen (secondary N) is 2. The fraction of sp³-hybridized carbons (Fsp3) is 0.154. The third-order valence-electron chi connectivity index (χ3n) is 2.97. The predicted molar refractivity (Wildman–Crippen MR) is 85.1 cm³/mol. The van der Waals surface area contributed by atoms with E-state index in [2.05, 4.69) is 26.7 Å². The van der Waals surface area contributed by atoms with Crippen LogP contribution in [0.5, 0.6) is 0 Å². The minimum absolute atomic E-state index is 0.00447. The van der Waals surface area contributed by atoms with Gasteiger partial charge in [0.25, 0.3) is 0 Å². The van der Waals surface area contributed by atoms with Gasteiger partial charge in [0.1, 0.15) is 0 Å². The van der Waals surface area contributed by atoms with E-state index in [-0.39, 0.29) is 6.04 Å². The molecule has 0 aromatic carbocycles. The van der Waals surface area contributed by atoms with Crippen molar-refractivity contribution in [3.63, 3.8) is 0 Å². The SMILES string of the molecule is Cc1nc(N)sc1C1=CC(c2cccnc2)NC(=S)N1. The summed E-state index contributed by atoms with van der Waals surface area (Å²) in [4.78, 5) is 9.40. The fourth-order valence-corrected chi connectivity index (χ4v) is 3.14. The second-order valence-electron chi connectivity index (χ2n) is 4.41. The van der Waals surface area contributed by atoms with E-state index >= 15 is 0 Å². The maximum absolute atomic E-state index is 5.76. The molecule has 1 aliphatic heterocycles. The molecule has 0 radical (unpaired) electrons. The molecule has 1 atom stereocenters. The van der Waals surface area contributed by atoms with Crippen LogP contribution in [0, 0.1) is 6.92 Å². The molecule has 3 rings (SSSR count). The summed E-state index contributed by atoms with van der Waals surface area (Å²) < 4.78 is 0. The van der Waals surface area contributed by atoms with E-state index in [4.69, 9.17) is 18.0 Å². The highest BCUT2D eigenvalue weighted by Gasteiger charge is 2.21. The highest BCUT2D eigenvalue weighted by atomic mass is 32.1. The number of nitrogens with zero attached hydrogens (tertiary/aromatic N) is 2. The van der Waals surface area contributed by atoms with Gasteiger partial charge in [-0.25, -0.2) is 4.98 Å². The van der Waals surface area contributed by atoms with Crippen molar-refractivity contribution in [2.24, 2.45) is 0 Å². The summed E-state index contributed by atoms with van der Waals surface area (Å²) in [5.74, 6) is 0. The molecule has 0 aliphatic carbocycles. The van der Waals surface area contributed by atoms with Gasteiger partial charge < -0.3 is 16.4 Å². The number of thiazole rings is 1. The lowest BCUT2D eigenvalue weighted by Gasteiger charge is -2.25. The molecule has 1 aliphatic rings. The molecule has 3 heterocycles. The monoisotopic (exact) mass is 303 g/mol. The van der Waals surface area contributed by atoms with Crippen LogP contribution in [0.15, 0.2) is 30.6 Å². The highest BCUT2D eigenvalue weighted by molar-refractivity contribution is 7.80. The molecule has 4 N–H and O–H groups in total. The van der Waals surface area contributed by atoms with Crippen LogP contribution in [-0.2, 0) is 0 Å². The van der Waals surface area contributed by atoms with Crippen LogP contribution in [0.25, 0.3) is 5.70 Å². The summed E-state index contributed by atoms with van der Waals surface area (Å²) in [7, 11) is 0. The molecular weight excluding hydrogens is 290 g/mol. The van der Waals surface area contributed by atoms with E-state index in [9.17, 15) is 0 Å². The summed E-state index contributed by atoms with van der Waals surface area (Å²) >= 11 is 6.73. The number of pyridine rings is 1. The Bertz CT molecular complexity index is 677. The topological polar surface area (TPSA) is 75.9 Å². The van der Waals surface area contributed by atoms with Crippen LogP contribution in [0.4, 0.5) is 5.13 Å². The zero-order valence-electron chi connectivity index (χ0n) is 10.8. The maximum atomic E-state index is 5.76. The van der Waals surface area contributed by atoms with Gasteiger partial charge in [-0.2, -0.15) is 0 Å². The van der Waals surface area contributed by atoms with Gasteiger partial charge in [0.2, 0.25) is 0 Å². The summed E-state index contributed by atoms with van der Waals surface area (Å²) in [6.07, 6.45) is 5.65. The Morgan fingerprint density at radius 3 is 2.95 bits per heavy atom. The minimum Gasteiger partial charge on any atom is -0.375 e. The van der Waals surface area contributed by atoms with Crippen molar-refractivity contribution in [3.05, 3.63) is 46.7 Å². The Morgan fingerprint density at radius 1 is 1.45 bits per heavy atom. The molecule has 0 saturated heterocycles. The maximum Gasteiger partial charge on any atom is 0.180 e. The molecule has 102 valence electrons. The Balaban J connectivity index is 2.00. The lowest BCUT2D eigenvalue weighted by Crippen LogP contribution is -2.40. The second-order valence-corrected chi connectivity index (χ2v) is 5.85. The molecule has 0 amide bonds. The van der Waals surface area contributed by atoms with Crippen molar-refractivity contribution in [1.29, 1.82) is 0 Å². The number of aromatic nitrogens is 2. The van der Waals surface area contributed by atoms with Crippen molar-refractivity contribution in [2.45, 2.75) is 13.0 Å². The number of aryl methyl sites for hydroxylation is 1. The van der Waals surface area contributed by atoms with Crippen molar-refractivity contribution in [1.82, 2.24) is 20.6 Å². The Hall–Kier alpha value is -1.99. The lowest BCUT2D eigenvalue weighted by atomic mass is 10.1. The van der Waals surface area contributed by atoms with Crippen LogP contribution < -0.4 is 16.4 Å². The summed E-state index contributed by atoms with van der Waals surface area (Å²) in [5.41, 5.74) is 8.66. The molecule has 20 heavy (non-hydrogen) atoms. The van der Waals surface area contributed by atoms with E-state index in [1.54, 1.807) is 6.20 Å². The first-order chi connectivity index (χ1) is 9.63. The first-order valence-corrected chi connectivity index (χ1v) is 7.28. The van der Waals surface area contributed by atoms with Gasteiger partial charge in [-0.15, -0.1) is 0 Å². The summed E-state index contributed by atoms with van der Waals surface area (Å²) in [6, 6.07) is 3.92. The van der Waals surface area contributed by atoms with E-state index in [1.165, 1.54) is 11.3 Å². The first-order valence-electron chi connectivity index (χ1n) is 6.06. The minimum atomic E-state index is -0.00447. The molecule has 0 bridgehead atoms. The number of hydrogen-bond acceptors (Lipinski definition) is 5. The van der Waals surface area contributed by atoms with Crippen molar-refractivity contribution >= 4 is 39.5 Å². The third-order valence-corrected chi connectivity index (χ3v) is 4.21. The van der Waals surface area contributed by atoms with Crippen LogP contribution in [0.2, 0.25) is 0 Å². The summed E-state index contributed by atoms with van der Waals surface area (Å²) in [5, 5.41) is 7.52. The molecule has 2 aromatic rings. The van der Waals surface area contributed by atoms with E-state index in [0.29, 0.717) is 10.2 Å². The Kier molecular flexibility index (Phi) is 3.37. The molecule has 5 nitrogen and oxygen atoms in total. The molecule has 0 spiro atoms. The molecule has 0 saturated carbocycles. The Morgan fingerprint density at radius 2 is 2.30 bits per heavy atom. The second kappa shape index (κ2) is 5.18. The van der Waals surface area contributed by atoms with Gasteiger partial charge in [0.15, 0.2) is 10.2 Å². The smallest absolute Gasteiger partial charge is 0.180 e. The number of rotatable bonds is 2. The van der Waals surface area contributed by atoms with Crippen LogP contribution in [0.1, 0.15) is 22.2 Å². The quantitative estimate of drug-likeness (QED) is 0.737. The predicted octanol–water partition coefficient (Wildman–Crippen LogP) is 1.99. The largest absolute Gasteiger partial charge is 0.375 e. The summed E-state index contributed by atoms with van der Waals surface area (Å²) in [6.45, 7) is 1.94. The zero-order chi connectivity index (χ0) is 14.1. The van der Waals surface area contributed by atoms with Crippen molar-refractivity contribution in [2.75, 3.05) is 5.73 Å². The van der Waals surface area contributed by atoms with Crippen LogP contribution >= 0.6 is 23.6 Å². The van der Waals surface area contributed by atoms with Gasteiger partial charge in [0.05, 0.1) is 22.3 Å². The van der Waals surface area contributed by atoms with Crippen LogP contribution in [-0.4, -0.2) is 15.1 Å². The van der Waals surface area contributed by atoms with Crippen molar-refractivity contribution < 1.29 is 0 Å². The lowest BCUT2D eigenvalue weighted by molar-refractivity contribution is 0.761. The fourth-order valence-electron chi connectivity index (χ4n) is 2.09. The van der Waals surface area contributed by atoms with Crippen molar-refractivity contribution in [3.8, 4) is 0 Å². The van der Waals surface area contributed by atoms with Crippen LogP contribution in [0.3, 0.4) is 0 Å². The molecule has 1 unspecified atom stereocenters. The van der Waals surface area contributed by atoms with Gasteiger partial charge in [-0.3, -0.25) is 4.98 Å². The average Bonchev–Trinajstić information content (AvgIpc) is 2.78. The van der Waals surface area contributed by atoms with Gasteiger partial charge in [-0.05, 0) is 36.8 Å². The van der Waals surface area contributed by atoms with Gasteiger partial charge in [-0.1, -0.05) is 17.4 Å². The standard InChI is InChI=1S/C13H13N5S2/c1-7-11(20-12(14)16-7)10-5-9(17-13(19)18-10)8-3-2-4-15-6-8/h2-6,9H,1H3,(H2,14,16)(H2,17,18,19). The molecular formula is C13H13N5S2. The third kappa shape index (κ3) is 2.50. The normalized spacial score (nSPS) is 18.1. The number of nitrogen functional groups attached to an aromatic ring is 1. The highest BCUT2D eigenvalue weighted by Crippen LogP contribution is 2.29. The average molecular weight is 303 g/mol. The molecule has 7 heteroatoms. The number of hydrogen-bond donors (Lipinski definition) is 3. The number of thiocarbonyl (C=S) groups is 1.